The van der Waals surface area contributed by atoms with Crippen molar-refractivity contribution in [3.05, 3.63) is 83.2 Å². The normalized spacial score (nSPS) is 22.1. The standard InChI is InChI=1S/C32H40N8O2/c1-37-29(41)27(23-25-11-5-3-6-12-25)35-31(37)33-15-9-17-39-19-21-40(22-20-39)18-10-16-34-32-36-28(30(42)38(32)2)24-26-13-7-4-8-14-26/h3-8,11-14,23-24H,9-10,15-22H2,1-2H3,(H,33,35)(H,34,36)/b27-23-,28-24-. The number of hydrogen-bond donors (Lipinski definition) is 2. The molecule has 0 radical (unpaired) electrons. The molecule has 2 aromatic rings. The lowest BCUT2D eigenvalue weighted by molar-refractivity contribution is -0.122. The molecule has 3 heterocycles. The molecule has 0 atom stereocenters. The topological polar surface area (TPSA) is 95.9 Å². The smallest absolute Gasteiger partial charge is 0.276 e. The SMILES string of the molecule is CN1C(=O)/C(=C/c2ccccc2)NC1=NCCCN1CCN(CCCN=C2N/C(=C\c3ccccc3)C(=O)N2C)CC1. The van der Waals surface area contributed by atoms with Gasteiger partial charge in [0, 0.05) is 66.5 Å². The van der Waals surface area contributed by atoms with Crippen molar-refractivity contribution >= 4 is 35.9 Å². The van der Waals surface area contributed by atoms with Crippen molar-refractivity contribution in [3.63, 3.8) is 0 Å². The Hall–Kier alpha value is -4.28. The molecule has 0 saturated carbocycles. The van der Waals surface area contributed by atoms with Crippen LogP contribution < -0.4 is 10.6 Å². The van der Waals surface area contributed by atoms with Gasteiger partial charge in [-0.15, -0.1) is 0 Å². The van der Waals surface area contributed by atoms with Gasteiger partial charge in [-0.3, -0.25) is 29.4 Å². The Morgan fingerprint density at radius 3 is 1.40 bits per heavy atom. The van der Waals surface area contributed by atoms with E-state index in [9.17, 15) is 9.59 Å². The van der Waals surface area contributed by atoms with E-state index in [0.717, 1.165) is 63.2 Å². The molecule has 3 aliphatic heterocycles. The molecule has 3 saturated heterocycles. The van der Waals surface area contributed by atoms with Crippen LogP contribution in [-0.2, 0) is 9.59 Å². The second-order valence-corrected chi connectivity index (χ2v) is 10.7. The molecule has 10 heteroatoms. The Kier molecular flexibility index (Phi) is 9.78. The first-order chi connectivity index (χ1) is 20.5. The minimum Gasteiger partial charge on any atom is -0.321 e. The second-order valence-electron chi connectivity index (χ2n) is 10.7. The monoisotopic (exact) mass is 568 g/mol. The highest BCUT2D eigenvalue weighted by atomic mass is 16.2. The van der Waals surface area contributed by atoms with Crippen molar-refractivity contribution in [2.75, 3.05) is 66.5 Å². The van der Waals surface area contributed by atoms with E-state index < -0.39 is 0 Å². The van der Waals surface area contributed by atoms with Gasteiger partial charge in [0.1, 0.15) is 11.4 Å². The van der Waals surface area contributed by atoms with Crippen molar-refractivity contribution in [2.45, 2.75) is 12.8 Å². The second kappa shape index (κ2) is 14.1. The van der Waals surface area contributed by atoms with E-state index in [1.165, 1.54) is 0 Å². The van der Waals surface area contributed by atoms with Crippen LogP contribution in [0.25, 0.3) is 12.2 Å². The summed E-state index contributed by atoms with van der Waals surface area (Å²) in [6.07, 6.45) is 5.61. The minimum absolute atomic E-state index is 0.0650. The maximum atomic E-state index is 12.6. The van der Waals surface area contributed by atoms with Crippen LogP contribution in [-0.4, -0.2) is 110 Å². The highest BCUT2D eigenvalue weighted by Gasteiger charge is 2.29. The molecule has 3 fully saturated rings. The van der Waals surface area contributed by atoms with Crippen molar-refractivity contribution in [1.29, 1.82) is 0 Å². The maximum Gasteiger partial charge on any atom is 0.276 e. The summed E-state index contributed by atoms with van der Waals surface area (Å²) in [4.78, 5) is 42.6. The number of carbonyl (C=O) groups is 2. The highest BCUT2D eigenvalue weighted by Crippen LogP contribution is 2.14. The molecule has 0 bridgehead atoms. The number of guanidine groups is 2. The van der Waals surface area contributed by atoms with Gasteiger partial charge in [0.2, 0.25) is 11.9 Å². The zero-order chi connectivity index (χ0) is 29.3. The number of hydrogen-bond acceptors (Lipinski definition) is 6. The van der Waals surface area contributed by atoms with Crippen molar-refractivity contribution in [1.82, 2.24) is 30.2 Å². The number of carbonyl (C=O) groups excluding carboxylic acids is 2. The summed E-state index contributed by atoms with van der Waals surface area (Å²) in [7, 11) is 3.52. The number of likely N-dealkylation sites (N-methyl/N-ethyl adjacent to an activating group) is 2. The van der Waals surface area contributed by atoms with E-state index >= 15 is 0 Å². The molecule has 0 aromatic heterocycles. The van der Waals surface area contributed by atoms with E-state index in [2.05, 4.69) is 30.4 Å². The quantitative estimate of drug-likeness (QED) is 0.338. The number of nitrogens with one attached hydrogen (secondary N) is 2. The van der Waals surface area contributed by atoms with Crippen LogP contribution in [0.2, 0.25) is 0 Å². The first-order valence-corrected chi connectivity index (χ1v) is 14.7. The summed E-state index contributed by atoms with van der Waals surface area (Å²) < 4.78 is 0. The van der Waals surface area contributed by atoms with Crippen molar-refractivity contribution in [3.8, 4) is 0 Å². The fourth-order valence-corrected chi connectivity index (χ4v) is 5.18. The summed E-state index contributed by atoms with van der Waals surface area (Å²) in [5, 5.41) is 6.35. The van der Waals surface area contributed by atoms with E-state index in [0.29, 0.717) is 36.4 Å². The summed E-state index contributed by atoms with van der Waals surface area (Å²) in [6.45, 7) is 7.49. The molecule has 2 amide bonds. The van der Waals surface area contributed by atoms with Gasteiger partial charge in [-0.25, -0.2) is 0 Å². The number of aliphatic imine (C=N–C) groups is 2. The lowest BCUT2D eigenvalue weighted by Gasteiger charge is -2.34. The van der Waals surface area contributed by atoms with Gasteiger partial charge in [0.25, 0.3) is 11.8 Å². The number of rotatable bonds is 10. The third-order valence-corrected chi connectivity index (χ3v) is 7.67. The average Bonchev–Trinajstić information content (AvgIpc) is 3.43. The van der Waals surface area contributed by atoms with Crippen LogP contribution in [0.15, 0.2) is 82.0 Å². The molecule has 0 unspecified atom stereocenters. The van der Waals surface area contributed by atoms with Gasteiger partial charge in [0.15, 0.2) is 0 Å². The average molecular weight is 569 g/mol. The molecule has 10 nitrogen and oxygen atoms in total. The van der Waals surface area contributed by atoms with E-state index in [4.69, 9.17) is 0 Å². The van der Waals surface area contributed by atoms with Gasteiger partial charge in [-0.2, -0.15) is 0 Å². The van der Waals surface area contributed by atoms with Crippen LogP contribution in [0.3, 0.4) is 0 Å². The Morgan fingerprint density at radius 1 is 0.643 bits per heavy atom. The van der Waals surface area contributed by atoms with Crippen LogP contribution in [0.4, 0.5) is 0 Å². The molecule has 42 heavy (non-hydrogen) atoms. The summed E-state index contributed by atoms with van der Waals surface area (Å²) in [5.41, 5.74) is 3.07. The number of amides is 2. The first kappa shape index (κ1) is 29.2. The third kappa shape index (κ3) is 7.51. The van der Waals surface area contributed by atoms with E-state index in [-0.39, 0.29) is 11.8 Å². The summed E-state index contributed by atoms with van der Waals surface area (Å²) in [5.74, 6) is 1.10. The van der Waals surface area contributed by atoms with Crippen LogP contribution >= 0.6 is 0 Å². The zero-order valence-electron chi connectivity index (χ0n) is 24.5. The minimum atomic E-state index is -0.0650. The fourth-order valence-electron chi connectivity index (χ4n) is 5.18. The molecule has 2 aromatic carbocycles. The Morgan fingerprint density at radius 2 is 1.02 bits per heavy atom. The number of benzene rings is 2. The molecule has 2 N–H and O–H groups in total. The lowest BCUT2D eigenvalue weighted by atomic mass is 10.2. The molecular weight excluding hydrogens is 528 g/mol. The maximum absolute atomic E-state index is 12.6. The Balaban J connectivity index is 0.983. The zero-order valence-corrected chi connectivity index (χ0v) is 24.5. The lowest BCUT2D eigenvalue weighted by Crippen LogP contribution is -2.47. The molecule has 0 spiro atoms. The van der Waals surface area contributed by atoms with Crippen molar-refractivity contribution in [2.24, 2.45) is 9.98 Å². The van der Waals surface area contributed by atoms with Gasteiger partial charge < -0.3 is 20.4 Å². The van der Waals surface area contributed by atoms with Crippen LogP contribution in [0, 0.1) is 0 Å². The van der Waals surface area contributed by atoms with Crippen molar-refractivity contribution < 1.29 is 9.59 Å². The van der Waals surface area contributed by atoms with Gasteiger partial charge in [-0.05, 0) is 36.1 Å². The Bertz CT molecular complexity index is 1260. The number of nitrogens with zero attached hydrogens (tertiary/aromatic N) is 6. The van der Waals surface area contributed by atoms with E-state index in [1.54, 1.807) is 23.9 Å². The first-order valence-electron chi connectivity index (χ1n) is 14.7. The molecule has 3 aliphatic rings. The molecule has 220 valence electrons. The summed E-state index contributed by atoms with van der Waals surface area (Å²) >= 11 is 0. The Labute approximate surface area is 248 Å². The van der Waals surface area contributed by atoms with Crippen LogP contribution in [0.1, 0.15) is 24.0 Å². The van der Waals surface area contributed by atoms with Gasteiger partial charge >= 0.3 is 0 Å². The number of piperazine rings is 1. The highest BCUT2D eigenvalue weighted by molar-refractivity contribution is 6.16. The summed E-state index contributed by atoms with van der Waals surface area (Å²) in [6, 6.07) is 19.6. The predicted molar refractivity (Wildman–Crippen MR) is 167 cm³/mol. The molecular formula is C32H40N8O2. The van der Waals surface area contributed by atoms with E-state index in [1.807, 2.05) is 72.8 Å². The van der Waals surface area contributed by atoms with Crippen LogP contribution in [0.5, 0.6) is 0 Å². The molecule has 0 aliphatic carbocycles. The fraction of sp³-hybridized carbons (Fsp3) is 0.375. The van der Waals surface area contributed by atoms with Gasteiger partial charge in [-0.1, -0.05) is 60.7 Å². The van der Waals surface area contributed by atoms with Gasteiger partial charge in [0.05, 0.1) is 0 Å². The largest absolute Gasteiger partial charge is 0.321 e. The predicted octanol–water partition coefficient (Wildman–Crippen LogP) is 2.30. The third-order valence-electron chi connectivity index (χ3n) is 7.67. The molecule has 5 rings (SSSR count).